The van der Waals surface area contributed by atoms with Gasteiger partial charge in [0.25, 0.3) is 0 Å². The molecule has 1 aromatic heterocycles. The topological polar surface area (TPSA) is 47.3 Å². The molecule has 0 radical (unpaired) electrons. The number of hydrogen-bond donors (Lipinski definition) is 1. The van der Waals surface area contributed by atoms with E-state index in [-0.39, 0.29) is 0 Å². The van der Waals surface area contributed by atoms with E-state index in [4.69, 9.17) is 9.15 Å². The van der Waals surface area contributed by atoms with Crippen LogP contribution in [0.15, 0.2) is 41.0 Å². The summed E-state index contributed by atoms with van der Waals surface area (Å²) >= 11 is 0. The molecule has 1 aliphatic rings. The summed E-state index contributed by atoms with van der Waals surface area (Å²) in [5.41, 5.74) is 0.878. The van der Waals surface area contributed by atoms with E-state index >= 15 is 0 Å². The van der Waals surface area contributed by atoms with Crippen molar-refractivity contribution in [2.24, 2.45) is 0 Å². The second-order valence-electron chi connectivity index (χ2n) is 4.18. The predicted molar refractivity (Wildman–Crippen MR) is 62.9 cm³/mol. The van der Waals surface area contributed by atoms with Crippen molar-refractivity contribution in [3.05, 3.63) is 42.3 Å². The Balaban J connectivity index is 1.59. The Bertz CT molecular complexity index is 477. The molecule has 1 heterocycles. The number of nitrogens with one attached hydrogen (secondary N) is 1. The molecule has 4 nitrogen and oxygen atoms in total. The summed E-state index contributed by atoms with van der Waals surface area (Å²) in [5.74, 6) is 0.732. The van der Waals surface area contributed by atoms with E-state index in [1.165, 1.54) is 12.8 Å². The molecule has 0 atom stereocenters. The molecule has 1 fully saturated rings. The molecule has 1 aliphatic carbocycles. The highest BCUT2D eigenvalue weighted by Gasteiger charge is 2.20. The lowest BCUT2D eigenvalue weighted by Crippen LogP contribution is -2.15. The number of nitrogens with zero attached hydrogens (tertiary/aromatic N) is 1. The third kappa shape index (κ3) is 2.85. The molecule has 0 bridgehead atoms. The average molecular weight is 230 g/mol. The van der Waals surface area contributed by atoms with Gasteiger partial charge in [-0.3, -0.25) is 0 Å². The summed E-state index contributed by atoms with van der Waals surface area (Å²) in [4.78, 5) is 4.25. The highest BCUT2D eigenvalue weighted by Crippen LogP contribution is 2.21. The summed E-state index contributed by atoms with van der Waals surface area (Å²) in [6, 6.07) is 10.2. The number of hydrogen-bond acceptors (Lipinski definition) is 4. The largest absolute Gasteiger partial charge is 0.417 e. The maximum absolute atomic E-state index is 5.48. The van der Waals surface area contributed by atoms with Gasteiger partial charge in [-0.25, -0.2) is 0 Å². The molecule has 4 heteroatoms. The van der Waals surface area contributed by atoms with Crippen molar-refractivity contribution in [2.45, 2.75) is 25.4 Å². The first-order valence-electron chi connectivity index (χ1n) is 5.81. The Labute approximate surface area is 99.6 Å². The fourth-order valence-corrected chi connectivity index (χ4v) is 1.54. The van der Waals surface area contributed by atoms with Crippen LogP contribution in [0.2, 0.25) is 0 Å². The second kappa shape index (κ2) is 4.59. The third-order valence-electron chi connectivity index (χ3n) is 2.63. The standard InChI is InChI=1S/C13H14N2O2/c1-2-4-12(5-3-1)17-13-15-11(9-16-13)8-14-10-6-7-10/h1-5,9-10,14H,6-8H2. The van der Waals surface area contributed by atoms with Gasteiger partial charge < -0.3 is 14.5 Å². The average Bonchev–Trinajstić information content (AvgIpc) is 3.09. The van der Waals surface area contributed by atoms with Crippen LogP contribution in [-0.2, 0) is 6.54 Å². The fourth-order valence-electron chi connectivity index (χ4n) is 1.54. The zero-order valence-corrected chi connectivity index (χ0v) is 9.43. The van der Waals surface area contributed by atoms with Crippen LogP contribution in [0.25, 0.3) is 0 Å². The van der Waals surface area contributed by atoms with Crippen LogP contribution in [-0.4, -0.2) is 11.0 Å². The molecular weight excluding hydrogens is 216 g/mol. The highest BCUT2D eigenvalue weighted by molar-refractivity contribution is 5.23. The first-order valence-corrected chi connectivity index (χ1v) is 5.81. The first-order chi connectivity index (χ1) is 8.40. The van der Waals surface area contributed by atoms with E-state index in [1.54, 1.807) is 6.26 Å². The second-order valence-corrected chi connectivity index (χ2v) is 4.18. The van der Waals surface area contributed by atoms with E-state index < -0.39 is 0 Å². The monoisotopic (exact) mass is 230 g/mol. The summed E-state index contributed by atoms with van der Waals surface area (Å²) in [7, 11) is 0. The van der Waals surface area contributed by atoms with Gasteiger partial charge in [0.15, 0.2) is 0 Å². The van der Waals surface area contributed by atoms with Crippen molar-refractivity contribution in [1.82, 2.24) is 10.3 Å². The minimum absolute atomic E-state index is 0.295. The van der Waals surface area contributed by atoms with Crippen molar-refractivity contribution in [1.29, 1.82) is 0 Å². The number of para-hydroxylation sites is 1. The summed E-state index contributed by atoms with van der Waals surface area (Å²) < 4.78 is 10.7. The molecular formula is C13H14N2O2. The quantitative estimate of drug-likeness (QED) is 0.857. The van der Waals surface area contributed by atoms with Crippen molar-refractivity contribution < 1.29 is 9.15 Å². The molecule has 0 amide bonds. The lowest BCUT2D eigenvalue weighted by Gasteiger charge is -1.98. The Morgan fingerprint density at radius 2 is 2.12 bits per heavy atom. The minimum Gasteiger partial charge on any atom is -0.417 e. The van der Waals surface area contributed by atoms with Gasteiger partial charge in [-0.15, -0.1) is 0 Å². The molecule has 17 heavy (non-hydrogen) atoms. The fraction of sp³-hybridized carbons (Fsp3) is 0.308. The van der Waals surface area contributed by atoms with Gasteiger partial charge in [0, 0.05) is 12.6 Å². The SMILES string of the molecule is c1ccc(Oc2nc(CNC3CC3)co2)cc1. The molecule has 88 valence electrons. The maximum Gasteiger partial charge on any atom is 0.399 e. The summed E-state index contributed by atoms with van der Waals surface area (Å²) in [5, 5.41) is 3.37. The van der Waals surface area contributed by atoms with Gasteiger partial charge in [-0.1, -0.05) is 18.2 Å². The Hall–Kier alpha value is -1.81. The van der Waals surface area contributed by atoms with Gasteiger partial charge in [-0.2, -0.15) is 4.98 Å². The highest BCUT2D eigenvalue weighted by atomic mass is 16.6. The molecule has 0 aliphatic heterocycles. The number of benzene rings is 1. The van der Waals surface area contributed by atoms with Crippen molar-refractivity contribution >= 4 is 0 Å². The van der Waals surface area contributed by atoms with Crippen LogP contribution < -0.4 is 10.1 Å². The summed E-state index contributed by atoms with van der Waals surface area (Å²) in [6.45, 7) is 0.742. The molecule has 0 unspecified atom stereocenters. The zero-order valence-electron chi connectivity index (χ0n) is 9.43. The van der Waals surface area contributed by atoms with Gasteiger partial charge in [-0.05, 0) is 25.0 Å². The van der Waals surface area contributed by atoms with Crippen LogP contribution in [0, 0.1) is 0 Å². The minimum atomic E-state index is 0.295. The van der Waals surface area contributed by atoms with E-state index in [1.807, 2.05) is 30.3 Å². The lowest BCUT2D eigenvalue weighted by atomic mass is 10.3. The third-order valence-corrected chi connectivity index (χ3v) is 2.63. The van der Waals surface area contributed by atoms with Crippen LogP contribution >= 0.6 is 0 Å². The molecule has 0 saturated heterocycles. The summed E-state index contributed by atoms with van der Waals surface area (Å²) in [6.07, 6.45) is 4.47. The molecule has 1 aromatic carbocycles. The zero-order chi connectivity index (χ0) is 11.5. The maximum atomic E-state index is 5.48. The van der Waals surface area contributed by atoms with Crippen molar-refractivity contribution in [2.75, 3.05) is 0 Å². The molecule has 1 N–H and O–H groups in total. The Morgan fingerprint density at radius 1 is 1.29 bits per heavy atom. The first kappa shape index (κ1) is 10.4. The van der Waals surface area contributed by atoms with E-state index in [0.29, 0.717) is 12.1 Å². The Kier molecular flexibility index (Phi) is 2.80. The van der Waals surface area contributed by atoms with E-state index in [2.05, 4.69) is 10.3 Å². The normalized spacial score (nSPS) is 14.8. The van der Waals surface area contributed by atoms with Gasteiger partial charge in [0.2, 0.25) is 0 Å². The number of rotatable bonds is 5. The predicted octanol–water partition coefficient (Wildman–Crippen LogP) is 2.72. The lowest BCUT2D eigenvalue weighted by molar-refractivity contribution is 0.330. The van der Waals surface area contributed by atoms with Crippen molar-refractivity contribution in [3.63, 3.8) is 0 Å². The van der Waals surface area contributed by atoms with Crippen molar-refractivity contribution in [3.8, 4) is 11.8 Å². The number of oxazole rings is 1. The van der Waals surface area contributed by atoms with Gasteiger partial charge in [0.05, 0.1) is 5.69 Å². The Morgan fingerprint density at radius 3 is 2.88 bits per heavy atom. The number of aromatic nitrogens is 1. The van der Waals surface area contributed by atoms with E-state index in [9.17, 15) is 0 Å². The van der Waals surface area contributed by atoms with Crippen LogP contribution in [0.3, 0.4) is 0 Å². The molecule has 0 spiro atoms. The van der Waals surface area contributed by atoms with Gasteiger partial charge in [0.1, 0.15) is 12.0 Å². The smallest absolute Gasteiger partial charge is 0.399 e. The molecule has 1 saturated carbocycles. The van der Waals surface area contributed by atoms with Crippen LogP contribution in [0.4, 0.5) is 0 Å². The molecule has 3 rings (SSSR count). The van der Waals surface area contributed by atoms with E-state index in [0.717, 1.165) is 18.0 Å². The molecule has 2 aromatic rings. The van der Waals surface area contributed by atoms with Crippen LogP contribution in [0.1, 0.15) is 18.5 Å². The van der Waals surface area contributed by atoms with Gasteiger partial charge >= 0.3 is 6.08 Å². The number of ether oxygens (including phenoxy) is 1. The van der Waals surface area contributed by atoms with Crippen LogP contribution in [0.5, 0.6) is 11.8 Å².